The number of fused-ring (bicyclic) bond motifs is 1. The van der Waals surface area contributed by atoms with E-state index in [2.05, 4.69) is 13.5 Å². The maximum Gasteiger partial charge on any atom is 0.123 e. The minimum atomic E-state index is -0.244. The summed E-state index contributed by atoms with van der Waals surface area (Å²) < 4.78 is 18.4. The molecule has 0 aromatic heterocycles. The molecule has 0 atom stereocenters. The predicted molar refractivity (Wildman–Crippen MR) is 63.9 cm³/mol. The fourth-order valence-electron chi connectivity index (χ4n) is 1.47. The summed E-state index contributed by atoms with van der Waals surface area (Å²) in [4.78, 5) is 0. The van der Waals surface area contributed by atoms with E-state index in [-0.39, 0.29) is 5.82 Å². The Morgan fingerprint density at radius 2 is 1.88 bits per heavy atom. The van der Waals surface area contributed by atoms with Gasteiger partial charge < -0.3 is 4.74 Å². The van der Waals surface area contributed by atoms with Gasteiger partial charge in [-0.2, -0.15) is 0 Å². The van der Waals surface area contributed by atoms with Crippen LogP contribution in [0.2, 0.25) is 0 Å². The summed E-state index contributed by atoms with van der Waals surface area (Å²) in [5.41, 5.74) is 0.708. The second-order valence-corrected chi connectivity index (χ2v) is 3.69. The van der Waals surface area contributed by atoms with Crippen LogP contribution >= 0.6 is 0 Å². The molecule has 1 nitrogen and oxygen atoms in total. The van der Waals surface area contributed by atoms with Crippen molar-refractivity contribution in [1.29, 1.82) is 0 Å². The predicted octanol–water partition coefficient (Wildman–Crippen LogP) is 3.75. The van der Waals surface area contributed by atoms with E-state index in [1.807, 2.05) is 12.1 Å². The Kier molecular flexibility index (Phi) is 2.91. The third-order valence-electron chi connectivity index (χ3n) is 2.22. The molecule has 0 saturated carbocycles. The summed E-state index contributed by atoms with van der Waals surface area (Å²) in [6.07, 6.45) is 0. The minimum Gasteiger partial charge on any atom is -0.489 e. The van der Waals surface area contributed by atoms with Crippen molar-refractivity contribution in [2.45, 2.75) is 0 Å². The fourth-order valence-corrected chi connectivity index (χ4v) is 1.47. The first-order valence-corrected chi connectivity index (χ1v) is 4.97. The lowest BCUT2D eigenvalue weighted by molar-refractivity contribution is 0.356. The maximum absolute atomic E-state index is 13.0. The first kappa shape index (κ1) is 10.7. The average Bonchev–Trinajstić information content (AvgIpc) is 2.25. The number of ether oxygens (including phenoxy) is 1. The molecule has 0 saturated heterocycles. The van der Waals surface area contributed by atoms with Crippen LogP contribution in [0.25, 0.3) is 10.8 Å². The van der Waals surface area contributed by atoms with Gasteiger partial charge in [-0.3, -0.25) is 0 Å². The molecule has 2 rings (SSSR count). The van der Waals surface area contributed by atoms with Gasteiger partial charge in [0, 0.05) is 0 Å². The zero-order chi connectivity index (χ0) is 11.5. The van der Waals surface area contributed by atoms with E-state index in [0.29, 0.717) is 17.9 Å². The van der Waals surface area contributed by atoms with Crippen LogP contribution in [-0.2, 0) is 0 Å². The molecular weight excluding hydrogens is 203 g/mol. The van der Waals surface area contributed by atoms with Gasteiger partial charge in [-0.15, -0.1) is 0 Å². The molecular formula is C14H12FO. The van der Waals surface area contributed by atoms with E-state index in [0.717, 1.165) is 10.8 Å². The topological polar surface area (TPSA) is 9.23 Å². The molecule has 0 aliphatic rings. The van der Waals surface area contributed by atoms with Crippen LogP contribution < -0.4 is 4.74 Å². The van der Waals surface area contributed by atoms with Gasteiger partial charge in [0.25, 0.3) is 0 Å². The first-order chi connectivity index (χ1) is 7.65. The summed E-state index contributed by atoms with van der Waals surface area (Å²) in [5, 5.41) is 1.81. The number of hydrogen-bond donors (Lipinski definition) is 0. The van der Waals surface area contributed by atoms with Crippen LogP contribution in [0, 0.1) is 12.7 Å². The van der Waals surface area contributed by atoms with Crippen molar-refractivity contribution in [3.63, 3.8) is 0 Å². The zero-order valence-corrected chi connectivity index (χ0v) is 8.87. The molecule has 0 aliphatic carbocycles. The smallest absolute Gasteiger partial charge is 0.123 e. The van der Waals surface area contributed by atoms with Gasteiger partial charge in [-0.1, -0.05) is 18.7 Å². The maximum atomic E-state index is 13.0. The van der Waals surface area contributed by atoms with E-state index < -0.39 is 0 Å². The lowest BCUT2D eigenvalue weighted by Crippen LogP contribution is -1.97. The van der Waals surface area contributed by atoms with E-state index in [1.54, 1.807) is 12.1 Å². The van der Waals surface area contributed by atoms with Crippen molar-refractivity contribution in [1.82, 2.24) is 0 Å². The molecule has 2 aromatic rings. The molecule has 0 unspecified atom stereocenters. The van der Waals surface area contributed by atoms with Crippen molar-refractivity contribution in [2.24, 2.45) is 0 Å². The summed E-state index contributed by atoms with van der Waals surface area (Å²) >= 11 is 0. The van der Waals surface area contributed by atoms with Crippen molar-refractivity contribution in [2.75, 3.05) is 6.61 Å². The summed E-state index contributed by atoms with van der Waals surface area (Å²) in [6, 6.07) is 10.2. The molecule has 0 spiro atoms. The zero-order valence-electron chi connectivity index (χ0n) is 8.87. The number of halogens is 1. The summed E-state index contributed by atoms with van der Waals surface area (Å²) in [7, 11) is 0. The Morgan fingerprint density at radius 3 is 2.62 bits per heavy atom. The number of benzene rings is 2. The Hall–Kier alpha value is -1.83. The van der Waals surface area contributed by atoms with Crippen molar-refractivity contribution < 1.29 is 9.13 Å². The van der Waals surface area contributed by atoms with Crippen molar-refractivity contribution in [3.8, 4) is 5.75 Å². The lowest BCUT2D eigenvalue weighted by Gasteiger charge is -2.06. The van der Waals surface area contributed by atoms with Crippen molar-refractivity contribution >= 4 is 10.8 Å². The Labute approximate surface area is 94.2 Å². The molecule has 0 N–H and O–H groups in total. The molecule has 0 fully saturated rings. The largest absolute Gasteiger partial charge is 0.489 e. The Bertz CT molecular complexity index is 531. The third-order valence-corrected chi connectivity index (χ3v) is 2.22. The van der Waals surface area contributed by atoms with Crippen molar-refractivity contribution in [3.05, 3.63) is 61.3 Å². The molecule has 81 valence electrons. The van der Waals surface area contributed by atoms with Gasteiger partial charge in [0.15, 0.2) is 0 Å². The fraction of sp³-hybridized carbons (Fsp3) is 0.0714. The highest BCUT2D eigenvalue weighted by Gasteiger charge is 1.99. The van der Waals surface area contributed by atoms with Gasteiger partial charge >= 0.3 is 0 Å². The summed E-state index contributed by atoms with van der Waals surface area (Å²) in [5.74, 6) is 0.453. The molecule has 0 aliphatic heterocycles. The molecule has 0 heterocycles. The average molecular weight is 215 g/mol. The molecule has 1 radical (unpaired) electrons. The summed E-state index contributed by atoms with van der Waals surface area (Å²) in [6.45, 7) is 7.68. The van der Waals surface area contributed by atoms with Crippen LogP contribution in [0.15, 0.2) is 48.6 Å². The highest BCUT2D eigenvalue weighted by molar-refractivity contribution is 5.83. The van der Waals surface area contributed by atoms with E-state index in [4.69, 9.17) is 4.74 Å². The second-order valence-electron chi connectivity index (χ2n) is 3.69. The molecule has 0 bridgehead atoms. The van der Waals surface area contributed by atoms with E-state index >= 15 is 0 Å². The quantitative estimate of drug-likeness (QED) is 0.757. The van der Waals surface area contributed by atoms with Crippen LogP contribution in [-0.4, -0.2) is 6.61 Å². The number of rotatable bonds is 3. The van der Waals surface area contributed by atoms with Crippen LogP contribution in [0.3, 0.4) is 0 Å². The standard InChI is InChI=1S/C14H12FO/c1-10(2)9-16-14-6-4-11-3-5-13(15)7-12(11)8-14/h3-8H,1-2,9H2. The third kappa shape index (κ3) is 2.40. The Morgan fingerprint density at radius 1 is 1.12 bits per heavy atom. The van der Waals surface area contributed by atoms with Gasteiger partial charge in [0.2, 0.25) is 0 Å². The highest BCUT2D eigenvalue weighted by Crippen LogP contribution is 2.21. The Balaban J connectivity index is 2.31. The normalized spacial score (nSPS) is 10.4. The monoisotopic (exact) mass is 215 g/mol. The van der Waals surface area contributed by atoms with Gasteiger partial charge in [0.1, 0.15) is 18.2 Å². The van der Waals surface area contributed by atoms with E-state index in [1.165, 1.54) is 12.1 Å². The minimum absolute atomic E-state index is 0.244. The lowest BCUT2D eigenvalue weighted by atomic mass is 10.1. The van der Waals surface area contributed by atoms with Gasteiger partial charge in [-0.05, 0) is 47.5 Å². The molecule has 2 aromatic carbocycles. The second kappa shape index (κ2) is 4.35. The van der Waals surface area contributed by atoms with E-state index in [9.17, 15) is 4.39 Å². The molecule has 0 amide bonds. The van der Waals surface area contributed by atoms with Crippen LogP contribution in [0.4, 0.5) is 4.39 Å². The van der Waals surface area contributed by atoms with Gasteiger partial charge in [-0.25, -0.2) is 4.39 Å². The molecule has 16 heavy (non-hydrogen) atoms. The van der Waals surface area contributed by atoms with Crippen LogP contribution in [0.1, 0.15) is 0 Å². The first-order valence-electron chi connectivity index (χ1n) is 4.97. The number of hydrogen-bond acceptors (Lipinski definition) is 1. The molecule has 2 heteroatoms. The van der Waals surface area contributed by atoms with Gasteiger partial charge in [0.05, 0.1) is 0 Å². The SMILES string of the molecule is [CH2]C(=C)COc1ccc2ccc(F)cc2c1. The van der Waals surface area contributed by atoms with Crippen LogP contribution in [0.5, 0.6) is 5.75 Å². The highest BCUT2D eigenvalue weighted by atomic mass is 19.1.